The van der Waals surface area contributed by atoms with Gasteiger partial charge in [-0.2, -0.15) is 0 Å². The number of fused-ring (bicyclic) bond motifs is 1. The lowest BCUT2D eigenvalue weighted by molar-refractivity contribution is 0.627. The van der Waals surface area contributed by atoms with Gasteiger partial charge in [0.2, 0.25) is 0 Å². The predicted molar refractivity (Wildman–Crippen MR) is 83.5 cm³/mol. The average Bonchev–Trinajstić information content (AvgIpc) is 3.26. The molecule has 4 nitrogen and oxygen atoms in total. The summed E-state index contributed by atoms with van der Waals surface area (Å²) in [5, 5.41) is 4.27. The molecule has 3 aromatic rings. The van der Waals surface area contributed by atoms with E-state index >= 15 is 0 Å². The van der Waals surface area contributed by atoms with Crippen molar-refractivity contribution in [3.05, 3.63) is 41.7 Å². The Bertz CT molecular complexity index is 785. The van der Waals surface area contributed by atoms with E-state index in [9.17, 15) is 0 Å². The van der Waals surface area contributed by atoms with Gasteiger partial charge < -0.3 is 9.73 Å². The maximum Gasteiger partial charge on any atom is 0.154 e. The van der Waals surface area contributed by atoms with E-state index in [0.29, 0.717) is 5.92 Å². The summed E-state index contributed by atoms with van der Waals surface area (Å²) in [7, 11) is 1.90. The molecule has 2 heterocycles. The third-order valence-electron chi connectivity index (χ3n) is 4.00. The second-order valence-electron chi connectivity index (χ2n) is 5.58. The monoisotopic (exact) mass is 279 g/mol. The fraction of sp³-hybridized carbons (Fsp3) is 0.294. The number of nitrogens with zero attached hydrogens (tertiary/aromatic N) is 2. The van der Waals surface area contributed by atoms with Gasteiger partial charge in [-0.1, -0.05) is 18.2 Å². The molecule has 0 aliphatic heterocycles. The fourth-order valence-corrected chi connectivity index (χ4v) is 2.64. The summed E-state index contributed by atoms with van der Waals surface area (Å²) in [4.78, 5) is 9.39. The molecule has 0 unspecified atom stereocenters. The first-order valence-corrected chi connectivity index (χ1v) is 7.31. The van der Waals surface area contributed by atoms with Gasteiger partial charge in [-0.3, -0.25) is 0 Å². The predicted octanol–water partition coefficient (Wildman–Crippen LogP) is 4.12. The summed E-state index contributed by atoms with van der Waals surface area (Å²) in [6.45, 7) is 2.03. The van der Waals surface area contributed by atoms with Crippen molar-refractivity contribution in [2.75, 3.05) is 12.4 Å². The number of para-hydroxylation sites is 1. The van der Waals surface area contributed by atoms with Crippen molar-refractivity contribution in [1.82, 2.24) is 9.97 Å². The number of benzene rings is 1. The molecule has 0 amide bonds. The topological polar surface area (TPSA) is 51.0 Å². The van der Waals surface area contributed by atoms with E-state index in [1.807, 2.05) is 32.2 Å². The summed E-state index contributed by atoms with van der Waals surface area (Å²) < 4.78 is 5.97. The van der Waals surface area contributed by atoms with Crippen LogP contribution in [0.3, 0.4) is 0 Å². The van der Waals surface area contributed by atoms with Crippen molar-refractivity contribution in [2.24, 2.45) is 0 Å². The zero-order valence-electron chi connectivity index (χ0n) is 12.2. The van der Waals surface area contributed by atoms with Crippen molar-refractivity contribution < 1.29 is 4.42 Å². The Morgan fingerprint density at radius 1 is 1.19 bits per heavy atom. The Hall–Kier alpha value is -2.36. The van der Waals surface area contributed by atoms with E-state index in [1.54, 1.807) is 0 Å². The van der Waals surface area contributed by atoms with Crippen LogP contribution < -0.4 is 5.32 Å². The van der Waals surface area contributed by atoms with Gasteiger partial charge in [-0.25, -0.2) is 9.97 Å². The molecule has 4 rings (SSSR count). The van der Waals surface area contributed by atoms with Crippen LogP contribution in [0, 0.1) is 6.92 Å². The highest BCUT2D eigenvalue weighted by Crippen LogP contribution is 2.40. The van der Waals surface area contributed by atoms with E-state index in [0.717, 1.165) is 39.6 Å². The molecule has 0 saturated heterocycles. The summed E-state index contributed by atoms with van der Waals surface area (Å²) in [6, 6.07) is 10.1. The molecule has 1 N–H and O–H groups in total. The van der Waals surface area contributed by atoms with Crippen molar-refractivity contribution in [1.29, 1.82) is 0 Å². The molecular weight excluding hydrogens is 262 g/mol. The number of rotatable bonds is 3. The van der Waals surface area contributed by atoms with Gasteiger partial charge in [-0.15, -0.1) is 0 Å². The average molecular weight is 279 g/mol. The van der Waals surface area contributed by atoms with Gasteiger partial charge >= 0.3 is 0 Å². The first kappa shape index (κ1) is 12.4. The van der Waals surface area contributed by atoms with Crippen LogP contribution in [0.5, 0.6) is 0 Å². The van der Waals surface area contributed by atoms with Crippen LogP contribution in [0.25, 0.3) is 22.4 Å². The fourth-order valence-electron chi connectivity index (χ4n) is 2.64. The van der Waals surface area contributed by atoms with Gasteiger partial charge in [0.1, 0.15) is 22.9 Å². The van der Waals surface area contributed by atoms with E-state index in [4.69, 9.17) is 9.40 Å². The highest BCUT2D eigenvalue weighted by molar-refractivity contribution is 5.83. The summed E-state index contributed by atoms with van der Waals surface area (Å²) in [5.41, 5.74) is 2.82. The van der Waals surface area contributed by atoms with Gasteiger partial charge in [0, 0.05) is 23.9 Å². The highest BCUT2D eigenvalue weighted by atomic mass is 16.3. The van der Waals surface area contributed by atoms with Crippen LogP contribution >= 0.6 is 0 Å². The van der Waals surface area contributed by atoms with E-state index in [1.165, 1.54) is 12.8 Å². The zero-order chi connectivity index (χ0) is 14.4. The van der Waals surface area contributed by atoms with Gasteiger partial charge in [0.15, 0.2) is 5.76 Å². The van der Waals surface area contributed by atoms with Crippen LogP contribution in [0.15, 0.2) is 34.7 Å². The number of hydrogen-bond donors (Lipinski definition) is 1. The molecule has 0 radical (unpaired) electrons. The van der Waals surface area contributed by atoms with Crippen LogP contribution in [-0.2, 0) is 0 Å². The molecule has 1 aliphatic carbocycles. The Labute approximate surface area is 123 Å². The minimum Gasteiger partial charge on any atom is -0.454 e. The number of hydrogen-bond acceptors (Lipinski definition) is 4. The van der Waals surface area contributed by atoms with Crippen molar-refractivity contribution >= 4 is 16.8 Å². The van der Waals surface area contributed by atoms with Gasteiger partial charge in [-0.05, 0) is 31.9 Å². The molecule has 1 aliphatic rings. The smallest absolute Gasteiger partial charge is 0.154 e. The zero-order valence-corrected chi connectivity index (χ0v) is 12.2. The Kier molecular flexibility index (Phi) is 2.70. The van der Waals surface area contributed by atoms with E-state index in [2.05, 4.69) is 22.4 Å². The maximum absolute atomic E-state index is 5.97. The minimum atomic E-state index is 0.515. The lowest BCUT2D eigenvalue weighted by atomic mass is 10.1. The molecule has 1 saturated carbocycles. The van der Waals surface area contributed by atoms with Crippen molar-refractivity contribution in [3.8, 4) is 11.5 Å². The summed E-state index contributed by atoms with van der Waals surface area (Å²) >= 11 is 0. The largest absolute Gasteiger partial charge is 0.454 e. The highest BCUT2D eigenvalue weighted by Gasteiger charge is 2.28. The van der Waals surface area contributed by atoms with Gasteiger partial charge in [0.05, 0.1) is 0 Å². The van der Waals surface area contributed by atoms with Crippen LogP contribution in [0.1, 0.15) is 30.1 Å². The molecule has 4 heteroatoms. The maximum atomic E-state index is 5.97. The molecular formula is C17H17N3O. The summed E-state index contributed by atoms with van der Waals surface area (Å²) in [6.07, 6.45) is 2.37. The van der Waals surface area contributed by atoms with Crippen molar-refractivity contribution in [2.45, 2.75) is 25.7 Å². The number of anilines is 1. The van der Waals surface area contributed by atoms with Gasteiger partial charge in [0.25, 0.3) is 0 Å². The minimum absolute atomic E-state index is 0.515. The van der Waals surface area contributed by atoms with Crippen LogP contribution in [-0.4, -0.2) is 17.0 Å². The number of furan rings is 1. The molecule has 2 aromatic heterocycles. The Morgan fingerprint density at radius 3 is 2.71 bits per heavy atom. The van der Waals surface area contributed by atoms with Crippen LogP contribution in [0.4, 0.5) is 5.82 Å². The second-order valence-corrected chi connectivity index (χ2v) is 5.58. The summed E-state index contributed by atoms with van der Waals surface area (Å²) in [5.74, 6) is 3.15. The Morgan fingerprint density at radius 2 is 2.00 bits per heavy atom. The number of nitrogens with one attached hydrogen (secondary N) is 1. The molecule has 0 spiro atoms. The third-order valence-corrected chi connectivity index (χ3v) is 4.00. The van der Waals surface area contributed by atoms with E-state index in [-0.39, 0.29) is 0 Å². The first-order valence-electron chi connectivity index (χ1n) is 7.31. The van der Waals surface area contributed by atoms with Crippen molar-refractivity contribution in [3.63, 3.8) is 0 Å². The third kappa shape index (κ3) is 2.07. The quantitative estimate of drug-likeness (QED) is 0.783. The standard InChI is InChI=1S/C17H17N3O/c1-10-15(14-9-12-5-3-4-6-13(12)21-14)19-17(11-7-8-11)20-16(10)18-2/h3-6,9,11H,7-8H2,1-2H3,(H,18,19,20). The second kappa shape index (κ2) is 4.58. The lowest BCUT2D eigenvalue weighted by Gasteiger charge is -2.10. The Balaban J connectivity index is 1.91. The molecule has 21 heavy (non-hydrogen) atoms. The molecule has 0 atom stereocenters. The number of aromatic nitrogens is 2. The molecule has 0 bridgehead atoms. The first-order chi connectivity index (χ1) is 10.3. The lowest BCUT2D eigenvalue weighted by Crippen LogP contribution is -2.04. The molecule has 106 valence electrons. The molecule has 1 fully saturated rings. The van der Waals surface area contributed by atoms with E-state index < -0.39 is 0 Å². The normalized spacial score (nSPS) is 14.6. The SMILES string of the molecule is CNc1nc(C2CC2)nc(-c2cc3ccccc3o2)c1C. The molecule has 1 aromatic carbocycles. The van der Waals surface area contributed by atoms with Crippen LogP contribution in [0.2, 0.25) is 0 Å².